The third kappa shape index (κ3) is 1.83. The van der Waals surface area contributed by atoms with Crippen molar-refractivity contribution in [1.82, 2.24) is 10.3 Å². The Hall–Kier alpha value is -2.40. The lowest BCUT2D eigenvalue weighted by atomic mass is 10.1. The van der Waals surface area contributed by atoms with Crippen LogP contribution >= 0.6 is 11.8 Å². The van der Waals surface area contributed by atoms with Crippen LogP contribution in [0.5, 0.6) is 0 Å². The normalized spacial score (nSPS) is 17.0. The number of amidine groups is 1. The van der Waals surface area contributed by atoms with E-state index in [0.29, 0.717) is 0 Å². The van der Waals surface area contributed by atoms with Gasteiger partial charge in [-0.25, -0.2) is 0 Å². The maximum absolute atomic E-state index is 5.41. The molecule has 0 bridgehead atoms. The van der Waals surface area contributed by atoms with Gasteiger partial charge in [0, 0.05) is 11.6 Å². The van der Waals surface area contributed by atoms with Crippen molar-refractivity contribution < 1.29 is 4.42 Å². The molecule has 3 heterocycles. The molecule has 4 rings (SSSR count). The number of thioether (sulfide) groups is 1. The van der Waals surface area contributed by atoms with E-state index in [1.165, 1.54) is 5.56 Å². The zero-order valence-corrected chi connectivity index (χ0v) is 11.3. The number of fused-ring (bicyclic) bond motifs is 1. The third-order valence-electron chi connectivity index (χ3n) is 3.13. The Morgan fingerprint density at radius 2 is 2.00 bits per heavy atom. The molecular formula is C15H11N3OS. The van der Waals surface area contributed by atoms with E-state index in [4.69, 9.17) is 4.42 Å². The molecule has 2 aromatic rings. The predicted molar refractivity (Wildman–Crippen MR) is 81.1 cm³/mol. The zero-order valence-electron chi connectivity index (χ0n) is 10.5. The van der Waals surface area contributed by atoms with Crippen LogP contribution in [-0.4, -0.2) is 10.1 Å². The van der Waals surface area contributed by atoms with Gasteiger partial charge in [0.15, 0.2) is 10.9 Å². The number of rotatable bonds is 2. The van der Waals surface area contributed by atoms with Crippen molar-refractivity contribution in [1.29, 1.82) is 0 Å². The van der Waals surface area contributed by atoms with Crippen molar-refractivity contribution in [2.45, 2.75) is 0 Å². The summed E-state index contributed by atoms with van der Waals surface area (Å²) in [4.78, 5) is 2.08. The van der Waals surface area contributed by atoms with Crippen LogP contribution in [0.1, 0.15) is 11.3 Å². The third-order valence-corrected chi connectivity index (χ3v) is 3.97. The number of furan rings is 1. The van der Waals surface area contributed by atoms with Gasteiger partial charge in [-0.15, -0.1) is 5.10 Å². The molecule has 5 heteroatoms. The molecule has 0 saturated carbocycles. The Morgan fingerprint density at radius 1 is 1.10 bits per heavy atom. The summed E-state index contributed by atoms with van der Waals surface area (Å²) < 4.78 is 5.41. The van der Waals surface area contributed by atoms with E-state index in [9.17, 15) is 0 Å². The first-order chi connectivity index (χ1) is 9.92. The first-order valence-corrected chi connectivity index (χ1v) is 7.11. The molecule has 98 valence electrons. The summed E-state index contributed by atoms with van der Waals surface area (Å²) in [7, 11) is 0. The van der Waals surface area contributed by atoms with Crippen LogP contribution in [0.4, 0.5) is 0 Å². The van der Waals surface area contributed by atoms with Crippen LogP contribution in [0.3, 0.4) is 0 Å². The van der Waals surface area contributed by atoms with E-state index >= 15 is 0 Å². The number of benzene rings is 1. The average Bonchev–Trinajstić information content (AvgIpc) is 3.17. The quantitative estimate of drug-likeness (QED) is 0.914. The summed E-state index contributed by atoms with van der Waals surface area (Å²) in [6, 6.07) is 14.1. The largest absolute Gasteiger partial charge is 0.463 e. The maximum atomic E-state index is 5.41. The topological polar surface area (TPSA) is 40.8 Å². The number of nitrogens with zero attached hydrogens (tertiary/aromatic N) is 2. The summed E-state index contributed by atoms with van der Waals surface area (Å²) in [5, 5.41) is 7.40. The van der Waals surface area contributed by atoms with Gasteiger partial charge >= 0.3 is 0 Å². The molecule has 1 aromatic heterocycles. The van der Waals surface area contributed by atoms with Gasteiger partial charge in [-0.2, -0.15) is 0 Å². The van der Waals surface area contributed by atoms with Crippen molar-refractivity contribution in [2.24, 2.45) is 5.10 Å². The average molecular weight is 281 g/mol. The molecule has 0 saturated heterocycles. The monoisotopic (exact) mass is 281 g/mol. The van der Waals surface area contributed by atoms with Crippen LogP contribution in [0.2, 0.25) is 0 Å². The molecule has 20 heavy (non-hydrogen) atoms. The second-order valence-electron chi connectivity index (χ2n) is 4.38. The van der Waals surface area contributed by atoms with E-state index in [1.54, 1.807) is 18.0 Å². The van der Waals surface area contributed by atoms with Crippen LogP contribution in [0.15, 0.2) is 69.9 Å². The van der Waals surface area contributed by atoms with Crippen molar-refractivity contribution in [2.75, 3.05) is 0 Å². The zero-order chi connectivity index (χ0) is 13.4. The first-order valence-electron chi connectivity index (χ1n) is 6.23. The second kappa shape index (κ2) is 4.61. The lowest BCUT2D eigenvalue weighted by molar-refractivity contribution is 0.544. The Kier molecular flexibility index (Phi) is 2.63. The molecule has 2 aliphatic heterocycles. The SMILES string of the molecule is C1=C(c2ccco2)NN=C2SC=C(c3ccccc3)N12. The molecule has 0 unspecified atom stereocenters. The highest BCUT2D eigenvalue weighted by atomic mass is 32.2. The van der Waals surface area contributed by atoms with Gasteiger partial charge in [-0.3, -0.25) is 10.3 Å². The fourth-order valence-electron chi connectivity index (χ4n) is 2.16. The van der Waals surface area contributed by atoms with Crippen LogP contribution in [-0.2, 0) is 0 Å². The van der Waals surface area contributed by atoms with Crippen molar-refractivity contribution in [3.63, 3.8) is 0 Å². The van der Waals surface area contributed by atoms with E-state index in [2.05, 4.69) is 33.0 Å². The van der Waals surface area contributed by atoms with Crippen molar-refractivity contribution in [3.8, 4) is 0 Å². The number of hydrogen-bond acceptors (Lipinski definition) is 5. The Morgan fingerprint density at radius 3 is 2.80 bits per heavy atom. The Balaban J connectivity index is 1.72. The van der Waals surface area contributed by atoms with Crippen LogP contribution < -0.4 is 5.43 Å². The molecule has 4 nitrogen and oxygen atoms in total. The van der Waals surface area contributed by atoms with Gasteiger partial charge in [0.05, 0.1) is 12.0 Å². The summed E-state index contributed by atoms with van der Waals surface area (Å²) in [6.45, 7) is 0. The highest BCUT2D eigenvalue weighted by Crippen LogP contribution is 2.36. The molecule has 1 aromatic carbocycles. The maximum Gasteiger partial charge on any atom is 0.196 e. The highest BCUT2D eigenvalue weighted by molar-refractivity contribution is 8.16. The number of hydrogen-bond donors (Lipinski definition) is 1. The van der Waals surface area contributed by atoms with Gasteiger partial charge in [-0.05, 0) is 17.7 Å². The Bertz CT molecular complexity index is 717. The summed E-state index contributed by atoms with van der Waals surface area (Å²) in [6.07, 6.45) is 3.67. The highest BCUT2D eigenvalue weighted by Gasteiger charge is 2.26. The first kappa shape index (κ1) is 11.4. The van der Waals surface area contributed by atoms with Gasteiger partial charge in [0.25, 0.3) is 0 Å². The fourth-order valence-corrected chi connectivity index (χ4v) is 2.99. The molecule has 0 fully saturated rings. The lowest BCUT2D eigenvalue weighted by Crippen LogP contribution is -2.26. The van der Waals surface area contributed by atoms with Crippen molar-refractivity contribution >= 4 is 28.3 Å². The van der Waals surface area contributed by atoms with E-state index in [-0.39, 0.29) is 0 Å². The molecule has 0 spiro atoms. The minimum atomic E-state index is 0.775. The standard InChI is InChI=1S/C15H11N3OS/c1-2-5-11(6-3-1)13-10-20-15-17-16-12(9-18(13)15)14-7-4-8-19-14/h1-10,16H. The van der Waals surface area contributed by atoms with Crippen LogP contribution in [0.25, 0.3) is 11.4 Å². The molecular weight excluding hydrogens is 270 g/mol. The molecule has 0 amide bonds. The molecule has 1 N–H and O–H groups in total. The molecule has 0 radical (unpaired) electrons. The van der Waals surface area contributed by atoms with Gasteiger partial charge in [0.1, 0.15) is 5.70 Å². The smallest absolute Gasteiger partial charge is 0.196 e. The summed E-state index contributed by atoms with van der Waals surface area (Å²) >= 11 is 1.60. The van der Waals surface area contributed by atoms with Crippen molar-refractivity contribution in [3.05, 3.63) is 71.7 Å². The second-order valence-corrected chi connectivity index (χ2v) is 5.22. The van der Waals surface area contributed by atoms with Gasteiger partial charge in [0.2, 0.25) is 0 Å². The van der Waals surface area contributed by atoms with Gasteiger partial charge < -0.3 is 4.42 Å². The van der Waals surface area contributed by atoms with E-state index in [1.807, 2.05) is 36.5 Å². The van der Waals surface area contributed by atoms with Gasteiger partial charge in [-0.1, -0.05) is 42.1 Å². The summed E-state index contributed by atoms with van der Waals surface area (Å²) in [5.74, 6) is 0.775. The minimum absolute atomic E-state index is 0.775. The molecule has 2 aliphatic rings. The summed E-state index contributed by atoms with van der Waals surface area (Å²) in [5.41, 5.74) is 6.17. The lowest BCUT2D eigenvalue weighted by Gasteiger charge is -2.23. The van der Waals surface area contributed by atoms with Crippen LogP contribution in [0, 0.1) is 0 Å². The number of hydrazone groups is 1. The predicted octanol–water partition coefficient (Wildman–Crippen LogP) is 3.50. The Labute approximate surface area is 120 Å². The fraction of sp³-hybridized carbons (Fsp3) is 0. The van der Waals surface area contributed by atoms with E-state index in [0.717, 1.165) is 22.3 Å². The minimum Gasteiger partial charge on any atom is -0.463 e. The molecule has 0 atom stereocenters. The molecule has 0 aliphatic carbocycles. The number of nitrogens with one attached hydrogen (secondary N) is 1. The van der Waals surface area contributed by atoms with E-state index < -0.39 is 0 Å².